The molecule has 30 nitrogen and oxygen atoms in total. The summed E-state index contributed by atoms with van der Waals surface area (Å²) in [6.07, 6.45) is 33.5. The zero-order chi connectivity index (χ0) is 76.1. The first-order chi connectivity index (χ1) is 54.9. The van der Waals surface area contributed by atoms with Crippen molar-refractivity contribution in [3.05, 3.63) is 172 Å². The van der Waals surface area contributed by atoms with Gasteiger partial charge < -0.3 is 62.1 Å². The van der Waals surface area contributed by atoms with Gasteiger partial charge >= 0.3 is 0 Å². The minimum Gasteiger partial charge on any atom is -0.354 e. The molecular formula is C82H84N28O2. The molecule has 0 saturated carbocycles. The predicted octanol–water partition coefficient (Wildman–Crippen LogP) is 11.6. The second-order valence-electron chi connectivity index (χ2n) is 29.3. The van der Waals surface area contributed by atoms with Crippen LogP contribution < -0.4 is 52.3 Å². The second-order valence-corrected chi connectivity index (χ2v) is 29.3. The Labute approximate surface area is 647 Å². The highest BCUT2D eigenvalue weighted by atomic mass is 16.2. The summed E-state index contributed by atoms with van der Waals surface area (Å²) in [5, 5.41) is 27.2. The van der Waals surface area contributed by atoms with Crippen molar-refractivity contribution in [2.24, 2.45) is 11.3 Å². The number of rotatable bonds is 7. The number of aromatic nitrogens is 16. The van der Waals surface area contributed by atoms with E-state index in [0.29, 0.717) is 75.0 Å². The quantitative estimate of drug-likeness (QED) is 0.0735. The maximum absolute atomic E-state index is 12.6. The first-order valence-corrected chi connectivity index (χ1v) is 38.0. The minimum absolute atomic E-state index is 0.110. The van der Waals surface area contributed by atoms with Crippen LogP contribution >= 0.6 is 0 Å². The van der Waals surface area contributed by atoms with E-state index < -0.39 is 0 Å². The molecule has 112 heavy (non-hydrogen) atoms. The molecule has 12 aromatic rings. The van der Waals surface area contributed by atoms with Crippen molar-refractivity contribution < 1.29 is 9.59 Å². The molecule has 4 fully saturated rings. The van der Waals surface area contributed by atoms with Crippen LogP contribution in [0.15, 0.2) is 172 Å². The Morgan fingerprint density at radius 2 is 0.750 bits per heavy atom. The molecular weight excluding hydrogens is 1410 g/mol. The van der Waals surface area contributed by atoms with Crippen LogP contribution in [0.2, 0.25) is 0 Å². The Balaban J connectivity index is 0.000000109. The Hall–Kier alpha value is -13.2. The minimum atomic E-state index is -0.366. The summed E-state index contributed by atoms with van der Waals surface area (Å²) in [4.78, 5) is 105. The molecule has 4 saturated heterocycles. The first kappa shape index (κ1) is 71.7. The number of hydrogen-bond acceptors (Lipinski definition) is 28. The van der Waals surface area contributed by atoms with Crippen molar-refractivity contribution in [3.8, 4) is 89.5 Å². The SMILES string of the molecule is CC(=O)N1CCN(c2ncc3c(n2)-c2cccnc2Nc2cnccc2-3)CC1.CC(C)(C)C(=O)N1CCN(c2ncc3c(n2)-c2cccnc2Nc2cnccc2-3)CC1.c1cnc2c(c1)-c1nc(NC3CCNCC3)ncc1-c1ccncc1N2.c1cnc2c(c1)-c1nc(NCC3CCNCC3)ncc1-c1ccncc1N2. The Kier molecular flexibility index (Phi) is 20.3. The van der Waals surface area contributed by atoms with Gasteiger partial charge in [0.2, 0.25) is 35.6 Å². The number of hydrogen-bond donors (Lipinski definition) is 8. The monoisotopic (exact) mass is 1490 g/mol. The van der Waals surface area contributed by atoms with Crippen LogP contribution in [0, 0.1) is 11.3 Å². The average molecular weight is 1490 g/mol. The average Bonchev–Trinajstić information content (AvgIpc) is 1.81. The van der Waals surface area contributed by atoms with E-state index in [-0.39, 0.29) is 17.2 Å². The van der Waals surface area contributed by atoms with Gasteiger partial charge in [0.25, 0.3) is 0 Å². The van der Waals surface area contributed by atoms with Crippen LogP contribution in [0.4, 0.5) is 69.8 Å². The lowest BCUT2D eigenvalue weighted by Gasteiger charge is -2.37. The molecule has 0 aromatic carbocycles. The normalized spacial score (nSPS) is 15.5. The summed E-state index contributed by atoms with van der Waals surface area (Å²) in [5.74, 6) is 6.72. The molecule has 20 rings (SSSR count). The van der Waals surface area contributed by atoms with Crippen LogP contribution in [0.5, 0.6) is 0 Å². The molecule has 8 aliphatic rings. The van der Waals surface area contributed by atoms with Gasteiger partial charge in [-0.15, -0.1) is 0 Å². The van der Waals surface area contributed by atoms with Gasteiger partial charge in [-0.25, -0.2) is 59.8 Å². The topological polar surface area (TPSA) is 350 Å². The number of piperazine rings is 2. The fourth-order valence-corrected chi connectivity index (χ4v) is 15.1. The molecule has 20 heterocycles. The van der Waals surface area contributed by atoms with E-state index in [2.05, 4.69) is 107 Å². The molecule has 30 heteroatoms. The van der Waals surface area contributed by atoms with E-state index >= 15 is 0 Å². The molecule has 564 valence electrons. The number of nitrogens with one attached hydrogen (secondary N) is 8. The highest BCUT2D eigenvalue weighted by Gasteiger charge is 2.33. The summed E-state index contributed by atoms with van der Waals surface area (Å²) in [6, 6.07) is 24.1. The first-order valence-electron chi connectivity index (χ1n) is 38.0. The number of fused-ring (bicyclic) bond motifs is 20. The van der Waals surface area contributed by atoms with E-state index in [1.54, 1.807) is 68.9 Å². The van der Waals surface area contributed by atoms with Gasteiger partial charge in [0, 0.05) is 218 Å². The molecule has 8 aliphatic heterocycles. The van der Waals surface area contributed by atoms with Crippen molar-refractivity contribution >= 4 is 81.6 Å². The number of anilines is 12. The number of amides is 2. The predicted molar refractivity (Wildman–Crippen MR) is 433 cm³/mol. The smallest absolute Gasteiger partial charge is 0.228 e. The second kappa shape index (κ2) is 31.8. The van der Waals surface area contributed by atoms with E-state index in [4.69, 9.17) is 24.9 Å². The van der Waals surface area contributed by atoms with Gasteiger partial charge in [0.05, 0.1) is 70.3 Å². The van der Waals surface area contributed by atoms with Crippen molar-refractivity contribution in [2.75, 3.05) is 127 Å². The van der Waals surface area contributed by atoms with E-state index in [1.807, 2.05) is 141 Å². The van der Waals surface area contributed by atoms with Gasteiger partial charge in [0.15, 0.2) is 0 Å². The molecule has 8 N–H and O–H groups in total. The summed E-state index contributed by atoms with van der Waals surface area (Å²) in [5.41, 5.74) is 18.4. The maximum atomic E-state index is 12.6. The fourth-order valence-electron chi connectivity index (χ4n) is 15.1. The molecule has 0 radical (unpaired) electrons. The van der Waals surface area contributed by atoms with Crippen LogP contribution in [0.25, 0.3) is 89.5 Å². The van der Waals surface area contributed by atoms with E-state index in [9.17, 15) is 9.59 Å². The van der Waals surface area contributed by atoms with Crippen LogP contribution in [-0.4, -0.2) is 192 Å². The molecule has 0 aliphatic carbocycles. The highest BCUT2D eigenvalue weighted by molar-refractivity contribution is 5.99. The lowest BCUT2D eigenvalue weighted by molar-refractivity contribution is -0.139. The lowest BCUT2D eigenvalue weighted by atomic mass is 9.94. The molecule has 12 aromatic heterocycles. The molecule has 0 unspecified atom stereocenters. The zero-order valence-corrected chi connectivity index (χ0v) is 62.6. The summed E-state index contributed by atoms with van der Waals surface area (Å²) < 4.78 is 0. The van der Waals surface area contributed by atoms with E-state index in [0.717, 1.165) is 194 Å². The zero-order valence-electron chi connectivity index (χ0n) is 62.6. The number of pyridine rings is 8. The van der Waals surface area contributed by atoms with Crippen molar-refractivity contribution in [3.63, 3.8) is 0 Å². The summed E-state index contributed by atoms with van der Waals surface area (Å²) in [6.45, 7) is 18.2. The molecule has 0 spiro atoms. The standard InChI is InChI=1S/C23H25N7O.C20H19N7O.C20H21N7.C19H19N7/c1-23(2,3)21(31)29-9-11-30(12-10-29)22-26-13-17-15-6-8-24-14-18(15)27-20-16(19(17)28-22)5-4-7-25-20;1-13(28)26-7-9-27(10-8-26)20-23-11-16-14-4-6-21-12-17(14)24-19-15(18(16)25-20)3-2-5-22-19;1-2-15-18-16(14-5-9-22-12-17(14)26-19(15)23-6-1)11-25-20(27-18)24-10-13-3-7-21-8-4-13;1-2-14-17-15(10-23-19(26-17)24-12-3-7-20-8-4-12)13-5-9-21-11-16(13)25-18(14)22-6-1/h4-8,13-14H,9-12H2,1-3H3,(H,25,27);2-6,11-12H,7-10H2,1H3,(H,22,24);1-2,5-6,9,11-13,21H,3-4,7-8,10H2,(H,23,26)(H,24,25,27);1-2,5-6,9-12,20H,3-4,7-8H2,(H,22,25)(H,23,24,26). The summed E-state index contributed by atoms with van der Waals surface area (Å²) in [7, 11) is 0. The maximum Gasteiger partial charge on any atom is 0.228 e. The molecule has 0 bridgehead atoms. The van der Waals surface area contributed by atoms with Gasteiger partial charge in [-0.05, 0) is 131 Å². The molecule has 0 atom stereocenters. The largest absolute Gasteiger partial charge is 0.354 e. The third kappa shape index (κ3) is 15.2. The van der Waals surface area contributed by atoms with E-state index in [1.165, 1.54) is 12.8 Å². The van der Waals surface area contributed by atoms with Crippen molar-refractivity contribution in [1.82, 2.24) is 100 Å². The number of carbonyl (C=O) groups excluding carboxylic acids is 2. The van der Waals surface area contributed by atoms with Crippen LogP contribution in [-0.2, 0) is 9.59 Å². The third-order valence-electron chi connectivity index (χ3n) is 21.0. The lowest BCUT2D eigenvalue weighted by Crippen LogP contribution is -2.52. The molecule has 2 amide bonds. The van der Waals surface area contributed by atoms with Gasteiger partial charge in [-0.3, -0.25) is 29.5 Å². The highest BCUT2D eigenvalue weighted by Crippen LogP contribution is 2.47. The van der Waals surface area contributed by atoms with Crippen LogP contribution in [0.1, 0.15) is 53.4 Å². The Morgan fingerprint density at radius 3 is 1.14 bits per heavy atom. The van der Waals surface area contributed by atoms with Gasteiger partial charge in [0.1, 0.15) is 23.3 Å². The number of carbonyl (C=O) groups is 2. The number of piperidine rings is 2. The van der Waals surface area contributed by atoms with Gasteiger partial charge in [-0.2, -0.15) is 0 Å². The Bertz CT molecular complexity index is 5460. The van der Waals surface area contributed by atoms with Crippen molar-refractivity contribution in [1.29, 1.82) is 0 Å². The Morgan fingerprint density at radius 1 is 0.393 bits per heavy atom. The summed E-state index contributed by atoms with van der Waals surface area (Å²) >= 11 is 0. The van der Waals surface area contributed by atoms with Gasteiger partial charge in [-0.1, -0.05) is 20.8 Å². The third-order valence-corrected chi connectivity index (χ3v) is 21.0. The fraction of sp³-hybridized carbons (Fsp3) is 0.293. The van der Waals surface area contributed by atoms with Crippen LogP contribution in [0.3, 0.4) is 0 Å². The number of nitrogens with zero attached hydrogens (tertiary/aromatic N) is 20. The van der Waals surface area contributed by atoms with Crippen molar-refractivity contribution in [2.45, 2.75) is 59.4 Å².